The van der Waals surface area contributed by atoms with Crippen LogP contribution < -0.4 is 5.32 Å². The zero-order valence-electron chi connectivity index (χ0n) is 7.54. The van der Waals surface area contributed by atoms with Crippen molar-refractivity contribution >= 4 is 6.09 Å². The summed E-state index contributed by atoms with van der Waals surface area (Å²) in [6.07, 6.45) is -0.428. The van der Waals surface area contributed by atoms with Gasteiger partial charge in [0.05, 0.1) is 7.11 Å². The summed E-state index contributed by atoms with van der Waals surface area (Å²) in [4.78, 5) is 10.7. The summed E-state index contributed by atoms with van der Waals surface area (Å²) < 4.78 is 4.44. The van der Waals surface area contributed by atoms with E-state index < -0.39 is 6.09 Å². The van der Waals surface area contributed by atoms with Crippen LogP contribution in [0.4, 0.5) is 4.79 Å². The first kappa shape index (κ1) is 9.58. The fourth-order valence-electron chi connectivity index (χ4n) is 0.970. The maximum atomic E-state index is 10.7. The third-order valence-electron chi connectivity index (χ3n) is 1.73. The van der Waals surface area contributed by atoms with Crippen LogP contribution in [-0.4, -0.2) is 13.2 Å². The molecular formula is C10H12NO2. The maximum Gasteiger partial charge on any atom is 0.407 e. The van der Waals surface area contributed by atoms with E-state index in [0.717, 1.165) is 11.1 Å². The van der Waals surface area contributed by atoms with Gasteiger partial charge in [0.15, 0.2) is 0 Å². The Kier molecular flexibility index (Phi) is 3.31. The number of carbonyl (C=O) groups excluding carboxylic acids is 1. The summed E-state index contributed by atoms with van der Waals surface area (Å²) >= 11 is 0. The smallest absolute Gasteiger partial charge is 0.407 e. The molecule has 0 saturated heterocycles. The Balaban J connectivity index is 2.54. The lowest BCUT2D eigenvalue weighted by Crippen LogP contribution is -2.22. The van der Waals surface area contributed by atoms with Crippen molar-refractivity contribution in [2.24, 2.45) is 0 Å². The number of rotatable bonds is 2. The van der Waals surface area contributed by atoms with E-state index in [-0.39, 0.29) is 0 Å². The van der Waals surface area contributed by atoms with Gasteiger partial charge in [0.1, 0.15) is 0 Å². The van der Waals surface area contributed by atoms with E-state index in [1.54, 1.807) is 0 Å². The molecule has 0 fully saturated rings. The Morgan fingerprint density at radius 3 is 2.85 bits per heavy atom. The van der Waals surface area contributed by atoms with Crippen LogP contribution in [0.1, 0.15) is 11.1 Å². The molecule has 0 spiro atoms. The van der Waals surface area contributed by atoms with Gasteiger partial charge in [0.25, 0.3) is 0 Å². The molecular weight excluding hydrogens is 166 g/mol. The fourth-order valence-corrected chi connectivity index (χ4v) is 0.970. The molecule has 13 heavy (non-hydrogen) atoms. The largest absolute Gasteiger partial charge is 0.453 e. The van der Waals surface area contributed by atoms with E-state index >= 15 is 0 Å². The van der Waals surface area contributed by atoms with Crippen LogP contribution in [0.3, 0.4) is 0 Å². The highest BCUT2D eigenvalue weighted by Crippen LogP contribution is 2.05. The summed E-state index contributed by atoms with van der Waals surface area (Å²) in [5.74, 6) is 0. The average Bonchev–Trinajstić information content (AvgIpc) is 2.16. The monoisotopic (exact) mass is 178 g/mol. The topological polar surface area (TPSA) is 38.3 Å². The van der Waals surface area contributed by atoms with Crippen molar-refractivity contribution in [1.82, 2.24) is 5.32 Å². The number of carbonyl (C=O) groups is 1. The second-order valence-corrected chi connectivity index (χ2v) is 2.61. The van der Waals surface area contributed by atoms with Crippen LogP contribution in [0.2, 0.25) is 0 Å². The van der Waals surface area contributed by atoms with Crippen molar-refractivity contribution in [3.8, 4) is 0 Å². The van der Waals surface area contributed by atoms with Gasteiger partial charge in [-0.1, -0.05) is 24.3 Å². The van der Waals surface area contributed by atoms with Crippen LogP contribution >= 0.6 is 0 Å². The zero-order chi connectivity index (χ0) is 9.68. The Labute approximate surface area is 77.7 Å². The number of hydrogen-bond acceptors (Lipinski definition) is 2. The van der Waals surface area contributed by atoms with Gasteiger partial charge in [-0.05, 0) is 18.1 Å². The number of methoxy groups -OCH3 is 1. The molecule has 0 atom stereocenters. The number of ether oxygens (including phenoxy) is 1. The van der Waals surface area contributed by atoms with Gasteiger partial charge in [-0.15, -0.1) is 0 Å². The highest BCUT2D eigenvalue weighted by atomic mass is 16.5. The maximum absolute atomic E-state index is 10.7. The number of alkyl carbamates (subject to hydrolysis) is 1. The predicted octanol–water partition coefficient (Wildman–Crippen LogP) is 1.72. The first-order chi connectivity index (χ1) is 6.24. The van der Waals surface area contributed by atoms with E-state index in [0.29, 0.717) is 6.54 Å². The Hall–Kier alpha value is -1.51. The van der Waals surface area contributed by atoms with Gasteiger partial charge in [0, 0.05) is 6.54 Å². The molecule has 1 amide bonds. The zero-order valence-corrected chi connectivity index (χ0v) is 7.54. The predicted molar refractivity (Wildman–Crippen MR) is 50.1 cm³/mol. The van der Waals surface area contributed by atoms with Crippen LogP contribution in [0.25, 0.3) is 0 Å². The second-order valence-electron chi connectivity index (χ2n) is 2.61. The molecule has 3 heteroatoms. The number of nitrogens with one attached hydrogen (secondary N) is 1. The lowest BCUT2D eigenvalue weighted by atomic mass is 10.1. The molecule has 0 bridgehead atoms. The quantitative estimate of drug-likeness (QED) is 0.748. The molecule has 69 valence electrons. The third-order valence-corrected chi connectivity index (χ3v) is 1.73. The minimum Gasteiger partial charge on any atom is -0.453 e. The van der Waals surface area contributed by atoms with Crippen molar-refractivity contribution in [3.63, 3.8) is 0 Å². The van der Waals surface area contributed by atoms with E-state index in [2.05, 4.69) is 17.0 Å². The van der Waals surface area contributed by atoms with Crippen molar-refractivity contribution in [1.29, 1.82) is 0 Å². The number of amides is 1. The lowest BCUT2D eigenvalue weighted by molar-refractivity contribution is 0.170. The van der Waals surface area contributed by atoms with Crippen LogP contribution in [0.5, 0.6) is 0 Å². The Morgan fingerprint density at radius 1 is 1.54 bits per heavy atom. The molecule has 0 unspecified atom stereocenters. The molecule has 0 aliphatic rings. The standard InChI is InChI=1S/C10H12NO2/c1-8-5-3-4-6-9(8)7-11-10(12)13-2/h3-6H,1,7H2,2H3,(H,11,12). The third kappa shape index (κ3) is 2.78. The Morgan fingerprint density at radius 2 is 2.23 bits per heavy atom. The fraction of sp³-hybridized carbons (Fsp3) is 0.200. The normalized spacial score (nSPS) is 9.38. The van der Waals surface area contributed by atoms with E-state index in [4.69, 9.17) is 0 Å². The van der Waals surface area contributed by atoms with Crippen molar-refractivity contribution in [2.75, 3.05) is 7.11 Å². The van der Waals surface area contributed by atoms with Crippen molar-refractivity contribution < 1.29 is 9.53 Å². The lowest BCUT2D eigenvalue weighted by Gasteiger charge is -2.05. The molecule has 0 aromatic heterocycles. The van der Waals surface area contributed by atoms with Gasteiger partial charge in [-0.2, -0.15) is 0 Å². The summed E-state index contributed by atoms with van der Waals surface area (Å²) in [5.41, 5.74) is 1.91. The van der Waals surface area contributed by atoms with Gasteiger partial charge < -0.3 is 10.1 Å². The number of benzene rings is 1. The molecule has 0 aliphatic carbocycles. The van der Waals surface area contributed by atoms with E-state index in [1.165, 1.54) is 7.11 Å². The molecule has 1 radical (unpaired) electrons. The molecule has 1 N–H and O–H groups in total. The molecule has 0 heterocycles. The van der Waals surface area contributed by atoms with E-state index in [1.807, 2.05) is 24.3 Å². The summed E-state index contributed by atoms with van der Waals surface area (Å²) in [6.45, 7) is 4.28. The second kappa shape index (κ2) is 4.50. The minimum absolute atomic E-state index is 0.428. The first-order valence-electron chi connectivity index (χ1n) is 3.95. The SMILES string of the molecule is [CH2]c1ccccc1CNC(=O)OC. The van der Waals surface area contributed by atoms with Crippen LogP contribution in [0.15, 0.2) is 24.3 Å². The van der Waals surface area contributed by atoms with E-state index in [9.17, 15) is 4.79 Å². The highest BCUT2D eigenvalue weighted by Gasteiger charge is 2.00. The average molecular weight is 178 g/mol. The molecule has 0 aliphatic heterocycles. The molecule has 1 aromatic rings. The van der Waals surface area contributed by atoms with Gasteiger partial charge in [-0.3, -0.25) is 0 Å². The van der Waals surface area contributed by atoms with Crippen molar-refractivity contribution in [3.05, 3.63) is 42.3 Å². The molecule has 1 aromatic carbocycles. The highest BCUT2D eigenvalue weighted by molar-refractivity contribution is 5.66. The molecule has 1 rings (SSSR count). The van der Waals surface area contributed by atoms with Crippen LogP contribution in [-0.2, 0) is 11.3 Å². The summed E-state index contributed by atoms with van der Waals surface area (Å²) in [5, 5.41) is 2.59. The van der Waals surface area contributed by atoms with Crippen LogP contribution in [0, 0.1) is 6.92 Å². The minimum atomic E-state index is -0.428. The summed E-state index contributed by atoms with van der Waals surface area (Å²) in [6, 6.07) is 7.62. The molecule has 0 saturated carbocycles. The van der Waals surface area contributed by atoms with Gasteiger partial charge in [-0.25, -0.2) is 4.79 Å². The summed E-state index contributed by atoms with van der Waals surface area (Å²) in [7, 11) is 1.34. The first-order valence-corrected chi connectivity index (χ1v) is 3.95. The Bertz CT molecular complexity index is 297. The van der Waals surface area contributed by atoms with Crippen molar-refractivity contribution in [2.45, 2.75) is 6.54 Å². The molecule has 3 nitrogen and oxygen atoms in total. The van der Waals surface area contributed by atoms with Gasteiger partial charge >= 0.3 is 6.09 Å². The number of hydrogen-bond donors (Lipinski definition) is 1. The van der Waals surface area contributed by atoms with Gasteiger partial charge in [0.2, 0.25) is 0 Å².